The number of methoxy groups -OCH3 is 1. The van der Waals surface area contributed by atoms with E-state index in [1.165, 1.54) is 6.42 Å². The van der Waals surface area contributed by atoms with Gasteiger partial charge in [0.1, 0.15) is 5.75 Å². The Morgan fingerprint density at radius 3 is 2.59 bits per heavy atom. The molecule has 2 aliphatic rings. The second kappa shape index (κ2) is 6.57. The topological polar surface area (TPSA) is 59.6 Å². The molecule has 1 aliphatic carbocycles. The number of rotatable bonds is 4. The Morgan fingerprint density at radius 2 is 2.00 bits per heavy atom. The first kappa shape index (κ1) is 15.2. The molecule has 1 aromatic rings. The molecule has 0 radical (unpaired) electrons. The van der Waals surface area contributed by atoms with Gasteiger partial charge in [0, 0.05) is 25.8 Å². The maximum absolute atomic E-state index is 12.1. The van der Waals surface area contributed by atoms with Crippen molar-refractivity contribution in [1.82, 2.24) is 10.6 Å². The summed E-state index contributed by atoms with van der Waals surface area (Å²) in [7, 11) is 1.64. The number of benzene rings is 1. The SMILES string of the molecule is COc1ccc(CNC(=O)NC2CCC23CCOCC3)cc1. The average Bonchev–Trinajstić information content (AvgIpc) is 2.58. The van der Waals surface area contributed by atoms with Crippen LogP contribution in [-0.4, -0.2) is 32.4 Å². The van der Waals surface area contributed by atoms with E-state index in [1.807, 2.05) is 24.3 Å². The van der Waals surface area contributed by atoms with E-state index in [9.17, 15) is 4.79 Å². The average molecular weight is 304 g/mol. The summed E-state index contributed by atoms with van der Waals surface area (Å²) >= 11 is 0. The molecule has 2 amide bonds. The van der Waals surface area contributed by atoms with Crippen molar-refractivity contribution in [2.24, 2.45) is 5.41 Å². The first-order chi connectivity index (χ1) is 10.7. The number of carbonyl (C=O) groups excluding carboxylic acids is 1. The third-order valence-electron chi connectivity index (χ3n) is 5.08. The van der Waals surface area contributed by atoms with Crippen molar-refractivity contribution >= 4 is 6.03 Å². The molecule has 2 N–H and O–H groups in total. The van der Waals surface area contributed by atoms with Gasteiger partial charge in [-0.05, 0) is 48.8 Å². The molecule has 3 rings (SSSR count). The van der Waals surface area contributed by atoms with Crippen molar-refractivity contribution in [3.8, 4) is 5.75 Å². The summed E-state index contributed by atoms with van der Waals surface area (Å²) in [6.45, 7) is 2.18. The van der Waals surface area contributed by atoms with Gasteiger partial charge in [-0.3, -0.25) is 0 Å². The number of carbonyl (C=O) groups is 1. The van der Waals surface area contributed by atoms with Gasteiger partial charge < -0.3 is 20.1 Å². The highest BCUT2D eigenvalue weighted by molar-refractivity contribution is 5.74. The van der Waals surface area contributed by atoms with E-state index in [1.54, 1.807) is 7.11 Å². The Balaban J connectivity index is 1.46. The standard InChI is InChI=1S/C17H24N2O3/c1-21-14-4-2-13(3-5-14)12-18-16(20)19-15-6-7-17(15)8-10-22-11-9-17/h2-5,15H,6-12H2,1H3,(H2,18,19,20). The minimum Gasteiger partial charge on any atom is -0.497 e. The van der Waals surface area contributed by atoms with E-state index in [0.717, 1.165) is 43.8 Å². The molecular formula is C17H24N2O3. The highest BCUT2D eigenvalue weighted by Crippen LogP contribution is 2.48. The number of urea groups is 1. The number of nitrogens with one attached hydrogen (secondary N) is 2. The number of ether oxygens (including phenoxy) is 2. The van der Waals surface area contributed by atoms with Gasteiger partial charge in [-0.2, -0.15) is 0 Å². The monoisotopic (exact) mass is 304 g/mol. The van der Waals surface area contributed by atoms with Gasteiger partial charge in [0.15, 0.2) is 0 Å². The zero-order chi connectivity index (χ0) is 15.4. The largest absolute Gasteiger partial charge is 0.497 e. The fourth-order valence-corrected chi connectivity index (χ4v) is 3.43. The molecule has 0 aromatic heterocycles. The lowest BCUT2D eigenvalue weighted by Gasteiger charge is -2.51. The molecule has 1 aliphatic heterocycles. The van der Waals surface area contributed by atoms with Gasteiger partial charge in [0.25, 0.3) is 0 Å². The molecule has 1 saturated heterocycles. The van der Waals surface area contributed by atoms with Crippen LogP contribution in [0.3, 0.4) is 0 Å². The second-order valence-corrected chi connectivity index (χ2v) is 6.24. The Morgan fingerprint density at radius 1 is 1.27 bits per heavy atom. The molecule has 2 fully saturated rings. The number of hydrogen-bond donors (Lipinski definition) is 2. The molecule has 22 heavy (non-hydrogen) atoms. The Bertz CT molecular complexity index is 509. The fraction of sp³-hybridized carbons (Fsp3) is 0.588. The smallest absolute Gasteiger partial charge is 0.315 e. The molecule has 1 atom stereocenters. The predicted octanol–water partition coefficient (Wildman–Crippen LogP) is 2.45. The first-order valence-electron chi connectivity index (χ1n) is 7.97. The van der Waals surface area contributed by atoms with Crippen LogP contribution in [0.25, 0.3) is 0 Å². The lowest BCUT2D eigenvalue weighted by Crippen LogP contribution is -2.58. The molecule has 1 unspecified atom stereocenters. The molecule has 1 aromatic carbocycles. The highest BCUT2D eigenvalue weighted by Gasteiger charge is 2.47. The maximum atomic E-state index is 12.1. The van der Waals surface area contributed by atoms with Gasteiger partial charge in [0.2, 0.25) is 0 Å². The van der Waals surface area contributed by atoms with Crippen molar-refractivity contribution in [1.29, 1.82) is 0 Å². The van der Waals surface area contributed by atoms with Crippen LogP contribution in [0.15, 0.2) is 24.3 Å². The summed E-state index contributed by atoms with van der Waals surface area (Å²) in [5, 5.41) is 6.07. The second-order valence-electron chi connectivity index (χ2n) is 6.24. The Kier molecular flexibility index (Phi) is 4.52. The summed E-state index contributed by atoms with van der Waals surface area (Å²) in [4.78, 5) is 12.1. The van der Waals surface area contributed by atoms with E-state index in [0.29, 0.717) is 12.6 Å². The Labute approximate surface area is 131 Å². The molecule has 5 heteroatoms. The quantitative estimate of drug-likeness (QED) is 0.898. The maximum Gasteiger partial charge on any atom is 0.315 e. The zero-order valence-corrected chi connectivity index (χ0v) is 13.1. The lowest BCUT2D eigenvalue weighted by molar-refractivity contribution is -0.0511. The van der Waals surface area contributed by atoms with Gasteiger partial charge in [-0.1, -0.05) is 12.1 Å². The van der Waals surface area contributed by atoms with Crippen LogP contribution in [0.4, 0.5) is 4.79 Å². The molecule has 1 saturated carbocycles. The van der Waals surface area contributed by atoms with Gasteiger partial charge >= 0.3 is 6.03 Å². The van der Waals surface area contributed by atoms with Gasteiger partial charge in [-0.15, -0.1) is 0 Å². The summed E-state index contributed by atoms with van der Waals surface area (Å²) in [6, 6.07) is 7.94. The van der Waals surface area contributed by atoms with Crippen molar-refractivity contribution < 1.29 is 14.3 Å². The predicted molar refractivity (Wildman–Crippen MR) is 83.9 cm³/mol. The number of hydrogen-bond acceptors (Lipinski definition) is 3. The molecule has 120 valence electrons. The summed E-state index contributed by atoms with van der Waals surface area (Å²) in [5.41, 5.74) is 1.35. The summed E-state index contributed by atoms with van der Waals surface area (Å²) in [6.07, 6.45) is 4.42. The van der Waals surface area contributed by atoms with E-state index in [4.69, 9.17) is 9.47 Å². The van der Waals surface area contributed by atoms with Crippen molar-refractivity contribution in [2.75, 3.05) is 20.3 Å². The lowest BCUT2D eigenvalue weighted by atomic mass is 9.60. The van der Waals surface area contributed by atoms with Gasteiger partial charge in [-0.25, -0.2) is 4.79 Å². The van der Waals surface area contributed by atoms with Crippen molar-refractivity contribution in [2.45, 2.75) is 38.3 Å². The van der Waals surface area contributed by atoms with E-state index in [2.05, 4.69) is 10.6 Å². The summed E-state index contributed by atoms with van der Waals surface area (Å²) < 4.78 is 10.6. The molecular weight excluding hydrogens is 280 g/mol. The van der Waals surface area contributed by atoms with Crippen LogP contribution in [0, 0.1) is 5.41 Å². The number of amides is 2. The minimum atomic E-state index is -0.0774. The zero-order valence-electron chi connectivity index (χ0n) is 13.1. The summed E-state index contributed by atoms with van der Waals surface area (Å²) in [5.74, 6) is 0.823. The first-order valence-corrected chi connectivity index (χ1v) is 7.97. The van der Waals surface area contributed by atoms with Crippen LogP contribution in [-0.2, 0) is 11.3 Å². The van der Waals surface area contributed by atoms with Crippen molar-refractivity contribution in [3.63, 3.8) is 0 Å². The molecule has 1 spiro atoms. The van der Waals surface area contributed by atoms with E-state index >= 15 is 0 Å². The third-order valence-corrected chi connectivity index (χ3v) is 5.08. The van der Waals surface area contributed by atoms with Gasteiger partial charge in [0.05, 0.1) is 7.11 Å². The molecule has 0 bridgehead atoms. The van der Waals surface area contributed by atoms with Crippen LogP contribution in [0.2, 0.25) is 0 Å². The normalized spacial score (nSPS) is 22.7. The van der Waals surface area contributed by atoms with Crippen LogP contribution >= 0.6 is 0 Å². The Hall–Kier alpha value is -1.75. The van der Waals surface area contributed by atoms with E-state index in [-0.39, 0.29) is 11.4 Å². The third kappa shape index (κ3) is 3.19. The van der Waals surface area contributed by atoms with Crippen LogP contribution < -0.4 is 15.4 Å². The minimum absolute atomic E-state index is 0.0774. The van der Waals surface area contributed by atoms with Crippen molar-refractivity contribution in [3.05, 3.63) is 29.8 Å². The highest BCUT2D eigenvalue weighted by atomic mass is 16.5. The van der Waals surface area contributed by atoms with E-state index < -0.39 is 0 Å². The van der Waals surface area contributed by atoms with Crippen LogP contribution in [0.1, 0.15) is 31.2 Å². The van der Waals surface area contributed by atoms with Crippen LogP contribution in [0.5, 0.6) is 5.75 Å². The fourth-order valence-electron chi connectivity index (χ4n) is 3.43. The molecule has 5 nitrogen and oxygen atoms in total. The molecule has 1 heterocycles.